The Labute approximate surface area is 103 Å². The summed E-state index contributed by atoms with van der Waals surface area (Å²) in [7, 11) is 0. The number of hydrogen-bond acceptors (Lipinski definition) is 1. The minimum atomic E-state index is -0.0926. The summed E-state index contributed by atoms with van der Waals surface area (Å²) >= 11 is 0. The number of aryl methyl sites for hydroxylation is 1. The maximum absolute atomic E-state index is 13.4. The number of rotatable bonds is 4. The van der Waals surface area contributed by atoms with E-state index in [9.17, 15) is 4.39 Å². The highest BCUT2D eigenvalue weighted by molar-refractivity contribution is 5.27. The van der Waals surface area contributed by atoms with Crippen LogP contribution in [0.3, 0.4) is 0 Å². The number of halogens is 1. The van der Waals surface area contributed by atoms with E-state index in [0.717, 1.165) is 18.5 Å². The van der Waals surface area contributed by atoms with Crippen LogP contribution in [0.15, 0.2) is 18.2 Å². The van der Waals surface area contributed by atoms with Gasteiger partial charge in [-0.25, -0.2) is 4.39 Å². The maximum Gasteiger partial charge on any atom is 0.123 e. The zero-order valence-electron chi connectivity index (χ0n) is 10.8. The second-order valence-electron chi connectivity index (χ2n) is 5.22. The molecule has 1 aromatic rings. The lowest BCUT2D eigenvalue weighted by atomic mass is 9.96. The fourth-order valence-corrected chi connectivity index (χ4v) is 2.82. The van der Waals surface area contributed by atoms with E-state index in [0.29, 0.717) is 12.0 Å². The van der Waals surface area contributed by atoms with Crippen molar-refractivity contribution >= 4 is 0 Å². The first-order chi connectivity index (χ1) is 8.19. The Hall–Kier alpha value is -0.890. The van der Waals surface area contributed by atoms with Crippen molar-refractivity contribution < 1.29 is 4.39 Å². The molecule has 0 aliphatic heterocycles. The van der Waals surface area contributed by atoms with Crippen LogP contribution in [0, 0.1) is 12.7 Å². The van der Waals surface area contributed by atoms with Gasteiger partial charge >= 0.3 is 0 Å². The van der Waals surface area contributed by atoms with Gasteiger partial charge in [-0.2, -0.15) is 0 Å². The molecule has 0 aromatic heterocycles. The lowest BCUT2D eigenvalue weighted by molar-refractivity contribution is 0.516. The summed E-state index contributed by atoms with van der Waals surface area (Å²) in [5.74, 6) is 0.448. The highest BCUT2D eigenvalue weighted by atomic mass is 19.1. The summed E-state index contributed by atoms with van der Waals surface area (Å²) in [6.07, 6.45) is 4.74. The second-order valence-corrected chi connectivity index (χ2v) is 5.22. The molecule has 17 heavy (non-hydrogen) atoms. The number of benzene rings is 1. The monoisotopic (exact) mass is 235 g/mol. The van der Waals surface area contributed by atoms with Gasteiger partial charge in [-0.1, -0.05) is 13.0 Å². The first kappa shape index (κ1) is 12.6. The molecule has 0 bridgehead atoms. The Kier molecular flexibility index (Phi) is 4.16. The highest BCUT2D eigenvalue weighted by Crippen LogP contribution is 2.35. The van der Waals surface area contributed by atoms with Crippen LogP contribution in [0.25, 0.3) is 0 Å². The predicted octanol–water partition coefficient (Wildman–Crippen LogP) is 3.77. The van der Waals surface area contributed by atoms with E-state index in [2.05, 4.69) is 18.3 Å². The van der Waals surface area contributed by atoms with Crippen molar-refractivity contribution in [2.75, 3.05) is 6.54 Å². The van der Waals surface area contributed by atoms with E-state index < -0.39 is 0 Å². The van der Waals surface area contributed by atoms with Crippen LogP contribution < -0.4 is 5.32 Å². The van der Waals surface area contributed by atoms with Crippen molar-refractivity contribution in [2.24, 2.45) is 0 Å². The Morgan fingerprint density at radius 3 is 2.82 bits per heavy atom. The van der Waals surface area contributed by atoms with Crippen molar-refractivity contribution in [3.8, 4) is 0 Å². The predicted molar refractivity (Wildman–Crippen MR) is 69.8 cm³/mol. The standard InChI is InChI=1S/C15H22FN/c1-3-6-17-15-5-4-12(10-15)13-7-11(2)8-14(16)9-13/h7-9,12,15,17H,3-6,10H2,1-2H3. The number of hydrogen-bond donors (Lipinski definition) is 1. The molecule has 1 saturated carbocycles. The summed E-state index contributed by atoms with van der Waals surface area (Å²) in [6, 6.07) is 6.07. The van der Waals surface area contributed by atoms with Gasteiger partial charge in [0.15, 0.2) is 0 Å². The van der Waals surface area contributed by atoms with Gasteiger partial charge in [0.25, 0.3) is 0 Å². The normalized spacial score (nSPS) is 24.2. The van der Waals surface area contributed by atoms with E-state index in [-0.39, 0.29) is 5.82 Å². The van der Waals surface area contributed by atoms with Gasteiger partial charge in [-0.3, -0.25) is 0 Å². The van der Waals surface area contributed by atoms with Gasteiger partial charge in [0.05, 0.1) is 0 Å². The molecule has 2 atom stereocenters. The molecule has 2 unspecified atom stereocenters. The average molecular weight is 235 g/mol. The van der Waals surface area contributed by atoms with Crippen molar-refractivity contribution in [1.82, 2.24) is 5.32 Å². The van der Waals surface area contributed by atoms with Crippen LogP contribution in [0.5, 0.6) is 0 Å². The van der Waals surface area contributed by atoms with E-state index in [1.54, 1.807) is 12.1 Å². The average Bonchev–Trinajstić information content (AvgIpc) is 2.73. The molecule has 0 radical (unpaired) electrons. The Bertz CT molecular complexity index is 355. The molecular formula is C15H22FN. The molecule has 1 aliphatic rings. The molecule has 2 heteroatoms. The molecule has 94 valence electrons. The van der Waals surface area contributed by atoms with Gasteiger partial charge in [-0.05, 0) is 68.3 Å². The molecule has 0 heterocycles. The van der Waals surface area contributed by atoms with E-state index in [1.807, 2.05) is 6.92 Å². The van der Waals surface area contributed by atoms with Crippen LogP contribution in [0.1, 0.15) is 49.7 Å². The van der Waals surface area contributed by atoms with E-state index in [4.69, 9.17) is 0 Å². The lowest BCUT2D eigenvalue weighted by Crippen LogP contribution is -2.26. The highest BCUT2D eigenvalue weighted by Gasteiger charge is 2.25. The summed E-state index contributed by atoms with van der Waals surface area (Å²) < 4.78 is 13.4. The summed E-state index contributed by atoms with van der Waals surface area (Å²) in [5.41, 5.74) is 2.22. The summed E-state index contributed by atoms with van der Waals surface area (Å²) in [5, 5.41) is 3.57. The third kappa shape index (κ3) is 3.29. The Morgan fingerprint density at radius 2 is 2.12 bits per heavy atom. The minimum Gasteiger partial charge on any atom is -0.314 e. The van der Waals surface area contributed by atoms with Crippen LogP contribution in [-0.4, -0.2) is 12.6 Å². The molecule has 1 N–H and O–H groups in total. The zero-order valence-corrected chi connectivity index (χ0v) is 10.8. The zero-order chi connectivity index (χ0) is 12.3. The Morgan fingerprint density at radius 1 is 1.29 bits per heavy atom. The third-order valence-corrected chi connectivity index (χ3v) is 3.65. The molecule has 0 amide bonds. The van der Waals surface area contributed by atoms with Gasteiger partial charge < -0.3 is 5.32 Å². The number of nitrogens with one attached hydrogen (secondary N) is 1. The Balaban J connectivity index is 1.99. The van der Waals surface area contributed by atoms with Crippen LogP contribution in [0.2, 0.25) is 0 Å². The fraction of sp³-hybridized carbons (Fsp3) is 0.600. The first-order valence-electron chi connectivity index (χ1n) is 6.69. The summed E-state index contributed by atoms with van der Waals surface area (Å²) in [4.78, 5) is 0. The molecule has 1 aromatic carbocycles. The SMILES string of the molecule is CCCNC1CCC(c2cc(C)cc(F)c2)C1. The smallest absolute Gasteiger partial charge is 0.123 e. The maximum atomic E-state index is 13.4. The molecule has 0 saturated heterocycles. The van der Waals surface area contributed by atoms with Gasteiger partial charge in [0.1, 0.15) is 5.82 Å². The van der Waals surface area contributed by atoms with Crippen molar-refractivity contribution in [3.05, 3.63) is 35.1 Å². The third-order valence-electron chi connectivity index (χ3n) is 3.65. The topological polar surface area (TPSA) is 12.0 Å². The minimum absolute atomic E-state index is 0.0926. The molecule has 1 aliphatic carbocycles. The molecule has 2 rings (SSSR count). The molecule has 1 fully saturated rings. The second kappa shape index (κ2) is 5.63. The van der Waals surface area contributed by atoms with Crippen molar-refractivity contribution in [3.63, 3.8) is 0 Å². The quantitative estimate of drug-likeness (QED) is 0.837. The van der Waals surface area contributed by atoms with E-state index >= 15 is 0 Å². The van der Waals surface area contributed by atoms with E-state index in [1.165, 1.54) is 24.8 Å². The van der Waals surface area contributed by atoms with Crippen LogP contribution in [0.4, 0.5) is 4.39 Å². The molecular weight excluding hydrogens is 213 g/mol. The fourth-order valence-electron chi connectivity index (χ4n) is 2.82. The largest absolute Gasteiger partial charge is 0.314 e. The summed E-state index contributed by atoms with van der Waals surface area (Å²) in [6.45, 7) is 5.25. The van der Waals surface area contributed by atoms with Crippen LogP contribution in [-0.2, 0) is 0 Å². The van der Waals surface area contributed by atoms with Crippen molar-refractivity contribution in [1.29, 1.82) is 0 Å². The molecule has 0 spiro atoms. The lowest BCUT2D eigenvalue weighted by Gasteiger charge is -2.13. The van der Waals surface area contributed by atoms with Crippen molar-refractivity contribution in [2.45, 2.75) is 51.5 Å². The molecule has 1 nitrogen and oxygen atoms in total. The van der Waals surface area contributed by atoms with Gasteiger partial charge in [0.2, 0.25) is 0 Å². The van der Waals surface area contributed by atoms with Gasteiger partial charge in [0, 0.05) is 6.04 Å². The first-order valence-corrected chi connectivity index (χ1v) is 6.69. The van der Waals surface area contributed by atoms with Gasteiger partial charge in [-0.15, -0.1) is 0 Å². The van der Waals surface area contributed by atoms with Crippen LogP contribution >= 0.6 is 0 Å².